The van der Waals surface area contributed by atoms with Crippen LogP contribution >= 0.6 is 15.9 Å². The fourth-order valence-electron chi connectivity index (χ4n) is 2.42. The first kappa shape index (κ1) is 11.9. The quantitative estimate of drug-likeness (QED) is 0.602. The Morgan fingerprint density at radius 1 is 1.19 bits per heavy atom. The molecule has 2 rings (SSSR count). The molecule has 1 aromatic heterocycles. The minimum Gasteiger partial charge on any atom is -0.312 e. The van der Waals surface area contributed by atoms with Gasteiger partial charge in [-0.15, -0.1) is 0 Å². The SMILES string of the molecule is O=c1ccc2c(n1CCCCCBr)CCC2. The lowest BCUT2D eigenvalue weighted by Gasteiger charge is -2.11. The number of unbranched alkanes of at least 4 members (excludes halogenated alkanes) is 2. The average molecular weight is 284 g/mol. The molecule has 0 fully saturated rings. The average Bonchev–Trinajstić information content (AvgIpc) is 2.75. The third kappa shape index (κ3) is 2.57. The first-order valence-electron chi connectivity index (χ1n) is 6.10. The number of fused-ring (bicyclic) bond motifs is 1. The lowest BCUT2D eigenvalue weighted by atomic mass is 10.2. The predicted octanol–water partition coefficient (Wildman–Crippen LogP) is 2.90. The van der Waals surface area contributed by atoms with Gasteiger partial charge in [0, 0.05) is 23.6 Å². The topological polar surface area (TPSA) is 22.0 Å². The zero-order valence-corrected chi connectivity index (χ0v) is 11.1. The summed E-state index contributed by atoms with van der Waals surface area (Å²) in [5, 5.41) is 1.06. The van der Waals surface area contributed by atoms with Crippen LogP contribution in [0.4, 0.5) is 0 Å². The molecule has 0 aliphatic heterocycles. The van der Waals surface area contributed by atoms with Crippen molar-refractivity contribution < 1.29 is 0 Å². The summed E-state index contributed by atoms with van der Waals surface area (Å²) in [6.45, 7) is 0.898. The van der Waals surface area contributed by atoms with E-state index in [-0.39, 0.29) is 5.56 Å². The number of aromatic nitrogens is 1. The number of halogens is 1. The van der Waals surface area contributed by atoms with Crippen molar-refractivity contribution in [2.75, 3.05) is 5.33 Å². The summed E-state index contributed by atoms with van der Waals surface area (Å²) in [6, 6.07) is 3.74. The largest absolute Gasteiger partial charge is 0.312 e. The maximum absolute atomic E-state index is 11.8. The van der Waals surface area contributed by atoms with E-state index in [0.717, 1.165) is 31.1 Å². The van der Waals surface area contributed by atoms with E-state index in [0.29, 0.717) is 0 Å². The summed E-state index contributed by atoms with van der Waals surface area (Å²) in [7, 11) is 0. The van der Waals surface area contributed by atoms with Crippen LogP contribution in [0.2, 0.25) is 0 Å². The van der Waals surface area contributed by atoms with E-state index in [9.17, 15) is 4.79 Å². The summed E-state index contributed by atoms with van der Waals surface area (Å²) in [5.74, 6) is 0. The van der Waals surface area contributed by atoms with Gasteiger partial charge in [-0.1, -0.05) is 28.4 Å². The minimum atomic E-state index is 0.180. The standard InChI is InChI=1S/C13H18BrNO/c14-9-2-1-3-10-15-12-6-4-5-11(12)7-8-13(15)16/h7-8H,1-6,9-10H2. The number of rotatable bonds is 5. The second-order valence-electron chi connectivity index (χ2n) is 4.40. The number of hydrogen-bond donors (Lipinski definition) is 0. The number of hydrogen-bond acceptors (Lipinski definition) is 1. The van der Waals surface area contributed by atoms with E-state index in [2.05, 4.69) is 15.9 Å². The van der Waals surface area contributed by atoms with Crippen molar-refractivity contribution in [2.45, 2.75) is 45.1 Å². The van der Waals surface area contributed by atoms with Gasteiger partial charge in [-0.3, -0.25) is 4.79 Å². The van der Waals surface area contributed by atoms with Gasteiger partial charge in [0.2, 0.25) is 0 Å². The third-order valence-electron chi connectivity index (χ3n) is 3.26. The van der Waals surface area contributed by atoms with Crippen molar-refractivity contribution in [1.82, 2.24) is 4.57 Å². The monoisotopic (exact) mass is 283 g/mol. The Balaban J connectivity index is 2.08. The van der Waals surface area contributed by atoms with Gasteiger partial charge in [0.05, 0.1) is 0 Å². The summed E-state index contributed by atoms with van der Waals surface area (Å²) < 4.78 is 2.00. The van der Waals surface area contributed by atoms with Crippen molar-refractivity contribution in [3.05, 3.63) is 33.7 Å². The van der Waals surface area contributed by atoms with Crippen LogP contribution in [-0.2, 0) is 19.4 Å². The van der Waals surface area contributed by atoms with Crippen LogP contribution in [0.1, 0.15) is 36.9 Å². The molecule has 88 valence electrons. The van der Waals surface area contributed by atoms with Crippen LogP contribution in [0.3, 0.4) is 0 Å². The second-order valence-corrected chi connectivity index (χ2v) is 5.19. The van der Waals surface area contributed by atoms with Crippen molar-refractivity contribution in [1.29, 1.82) is 0 Å². The van der Waals surface area contributed by atoms with E-state index < -0.39 is 0 Å². The molecule has 0 atom stereocenters. The molecule has 0 aromatic carbocycles. The van der Waals surface area contributed by atoms with Gasteiger partial charge in [-0.25, -0.2) is 0 Å². The third-order valence-corrected chi connectivity index (χ3v) is 3.83. The minimum absolute atomic E-state index is 0.180. The van der Waals surface area contributed by atoms with Crippen LogP contribution in [0.15, 0.2) is 16.9 Å². The zero-order valence-electron chi connectivity index (χ0n) is 9.54. The highest BCUT2D eigenvalue weighted by Crippen LogP contribution is 2.20. The lowest BCUT2D eigenvalue weighted by Crippen LogP contribution is -2.22. The van der Waals surface area contributed by atoms with E-state index >= 15 is 0 Å². The molecular formula is C13H18BrNO. The molecule has 0 unspecified atom stereocenters. The van der Waals surface area contributed by atoms with E-state index in [1.807, 2.05) is 10.6 Å². The summed E-state index contributed by atoms with van der Waals surface area (Å²) in [6.07, 6.45) is 6.95. The molecule has 1 aliphatic carbocycles. The van der Waals surface area contributed by atoms with Crippen LogP contribution < -0.4 is 5.56 Å². The highest BCUT2D eigenvalue weighted by atomic mass is 79.9. The smallest absolute Gasteiger partial charge is 0.250 e. The summed E-state index contributed by atoms with van der Waals surface area (Å²) >= 11 is 3.43. The molecule has 1 heterocycles. The number of pyridine rings is 1. The molecular weight excluding hydrogens is 266 g/mol. The highest BCUT2D eigenvalue weighted by molar-refractivity contribution is 9.09. The van der Waals surface area contributed by atoms with E-state index in [1.165, 1.54) is 30.5 Å². The van der Waals surface area contributed by atoms with E-state index in [1.54, 1.807) is 6.07 Å². The van der Waals surface area contributed by atoms with Gasteiger partial charge in [-0.2, -0.15) is 0 Å². The molecule has 0 spiro atoms. The molecule has 0 saturated heterocycles. The highest BCUT2D eigenvalue weighted by Gasteiger charge is 2.14. The maximum Gasteiger partial charge on any atom is 0.250 e. The normalized spacial score (nSPS) is 14.1. The molecule has 0 amide bonds. The Labute approximate surface area is 105 Å². The molecule has 0 saturated carbocycles. The molecule has 0 N–H and O–H groups in total. The fourth-order valence-corrected chi connectivity index (χ4v) is 2.82. The Morgan fingerprint density at radius 2 is 2.06 bits per heavy atom. The Kier molecular flexibility index (Phi) is 4.22. The molecule has 0 radical (unpaired) electrons. The first-order chi connectivity index (χ1) is 7.83. The Morgan fingerprint density at radius 3 is 2.88 bits per heavy atom. The summed E-state index contributed by atoms with van der Waals surface area (Å²) in [5.41, 5.74) is 2.87. The first-order valence-corrected chi connectivity index (χ1v) is 7.22. The predicted molar refractivity (Wildman–Crippen MR) is 70.4 cm³/mol. The van der Waals surface area contributed by atoms with Crippen molar-refractivity contribution in [3.63, 3.8) is 0 Å². The molecule has 1 aromatic rings. The Hall–Kier alpha value is -0.570. The van der Waals surface area contributed by atoms with Crippen LogP contribution in [0, 0.1) is 0 Å². The van der Waals surface area contributed by atoms with Gasteiger partial charge in [0.25, 0.3) is 5.56 Å². The zero-order chi connectivity index (χ0) is 11.4. The molecule has 3 heteroatoms. The van der Waals surface area contributed by atoms with Gasteiger partial charge >= 0.3 is 0 Å². The Bertz CT molecular complexity index is 411. The van der Waals surface area contributed by atoms with Gasteiger partial charge < -0.3 is 4.57 Å². The van der Waals surface area contributed by atoms with Gasteiger partial charge in [-0.05, 0) is 37.7 Å². The fraction of sp³-hybridized carbons (Fsp3) is 0.615. The van der Waals surface area contributed by atoms with Gasteiger partial charge in [0.15, 0.2) is 0 Å². The van der Waals surface area contributed by atoms with Gasteiger partial charge in [0.1, 0.15) is 0 Å². The second kappa shape index (κ2) is 5.67. The van der Waals surface area contributed by atoms with Crippen LogP contribution in [0.5, 0.6) is 0 Å². The van der Waals surface area contributed by atoms with Crippen LogP contribution in [-0.4, -0.2) is 9.90 Å². The molecule has 0 bridgehead atoms. The maximum atomic E-state index is 11.8. The van der Waals surface area contributed by atoms with Crippen molar-refractivity contribution >= 4 is 15.9 Å². The number of nitrogens with zero attached hydrogens (tertiary/aromatic N) is 1. The van der Waals surface area contributed by atoms with Crippen molar-refractivity contribution in [2.24, 2.45) is 0 Å². The molecule has 16 heavy (non-hydrogen) atoms. The molecule has 2 nitrogen and oxygen atoms in total. The van der Waals surface area contributed by atoms with E-state index in [4.69, 9.17) is 0 Å². The number of alkyl halides is 1. The summed E-state index contributed by atoms with van der Waals surface area (Å²) in [4.78, 5) is 11.8. The number of aryl methyl sites for hydroxylation is 1. The van der Waals surface area contributed by atoms with Crippen molar-refractivity contribution in [3.8, 4) is 0 Å². The van der Waals surface area contributed by atoms with Crippen LogP contribution in [0.25, 0.3) is 0 Å². The molecule has 1 aliphatic rings. The lowest BCUT2D eigenvalue weighted by molar-refractivity contribution is 0.571.